The van der Waals surface area contributed by atoms with Gasteiger partial charge in [-0.3, -0.25) is 0 Å². The molecule has 0 aliphatic rings. The molecular weight excluding hydrogens is 336 g/mol. The molecule has 2 aromatic carbocycles. The highest BCUT2D eigenvalue weighted by molar-refractivity contribution is 9.10. The van der Waals surface area contributed by atoms with Crippen LogP contribution in [0.4, 0.5) is 0 Å². The molecule has 0 N–H and O–H groups in total. The number of benzene rings is 2. The zero-order chi connectivity index (χ0) is 15.2. The third kappa shape index (κ3) is 3.98. The van der Waals surface area contributed by atoms with Gasteiger partial charge in [0.2, 0.25) is 0 Å². The van der Waals surface area contributed by atoms with E-state index in [-0.39, 0.29) is 6.61 Å². The fourth-order valence-corrected chi connectivity index (χ4v) is 2.14. The predicted molar refractivity (Wildman–Crippen MR) is 82.8 cm³/mol. The van der Waals surface area contributed by atoms with E-state index in [0.29, 0.717) is 15.8 Å². The first-order chi connectivity index (χ1) is 10.1. The number of carbonyl (C=O) groups excluding carboxylic acids is 1. The van der Waals surface area contributed by atoms with Gasteiger partial charge in [-0.15, -0.1) is 0 Å². The molecule has 0 heterocycles. The third-order valence-electron chi connectivity index (χ3n) is 2.92. The average molecular weight is 351 g/mol. The molecule has 5 heteroatoms. The molecule has 0 saturated carbocycles. The van der Waals surface area contributed by atoms with Crippen molar-refractivity contribution in [2.45, 2.75) is 6.61 Å². The Balaban J connectivity index is 2.04. The van der Waals surface area contributed by atoms with Crippen molar-refractivity contribution in [3.63, 3.8) is 0 Å². The number of hydrogen-bond donors (Lipinski definition) is 0. The Kier molecular flexibility index (Phi) is 5.22. The number of rotatable bonds is 5. The van der Waals surface area contributed by atoms with Crippen molar-refractivity contribution in [3.8, 4) is 11.5 Å². The minimum atomic E-state index is -0.406. The fraction of sp³-hybridized carbons (Fsp3) is 0.188. The molecule has 0 fully saturated rings. The standard InChI is InChI=1S/C16H15BrO4/c1-19-12-5-3-11(4-6-12)10-21-16(18)14-9-13(20-2)7-8-15(14)17/h3-9H,10H2,1-2H3. The van der Waals surface area contributed by atoms with Gasteiger partial charge in [-0.2, -0.15) is 0 Å². The van der Waals surface area contributed by atoms with Crippen molar-refractivity contribution in [2.75, 3.05) is 14.2 Å². The van der Waals surface area contributed by atoms with E-state index in [0.717, 1.165) is 11.3 Å². The van der Waals surface area contributed by atoms with E-state index in [2.05, 4.69) is 15.9 Å². The summed E-state index contributed by atoms with van der Waals surface area (Å²) in [5.41, 5.74) is 1.33. The van der Waals surface area contributed by atoms with Crippen LogP contribution in [0, 0.1) is 0 Å². The van der Waals surface area contributed by atoms with Crippen LogP contribution >= 0.6 is 15.9 Å². The van der Waals surface area contributed by atoms with Gasteiger partial charge in [0.25, 0.3) is 0 Å². The molecule has 0 aliphatic carbocycles. The Hall–Kier alpha value is -2.01. The number of hydrogen-bond acceptors (Lipinski definition) is 4. The van der Waals surface area contributed by atoms with Crippen LogP contribution in [-0.4, -0.2) is 20.2 Å². The molecule has 21 heavy (non-hydrogen) atoms. The zero-order valence-electron chi connectivity index (χ0n) is 11.8. The predicted octanol–water partition coefficient (Wildman–Crippen LogP) is 3.82. The largest absolute Gasteiger partial charge is 0.497 e. The number of ether oxygens (including phenoxy) is 3. The first kappa shape index (κ1) is 15.4. The molecule has 0 bridgehead atoms. The van der Waals surface area contributed by atoms with E-state index >= 15 is 0 Å². The van der Waals surface area contributed by atoms with Crippen LogP contribution in [0.1, 0.15) is 15.9 Å². The minimum Gasteiger partial charge on any atom is -0.497 e. The van der Waals surface area contributed by atoms with Crippen molar-refractivity contribution >= 4 is 21.9 Å². The van der Waals surface area contributed by atoms with Gasteiger partial charge in [-0.05, 0) is 51.8 Å². The molecule has 0 spiro atoms. The second-order valence-corrected chi connectivity index (χ2v) is 5.12. The lowest BCUT2D eigenvalue weighted by Gasteiger charge is -2.08. The maximum Gasteiger partial charge on any atom is 0.339 e. The minimum absolute atomic E-state index is 0.201. The normalized spacial score (nSPS) is 10.0. The summed E-state index contributed by atoms with van der Waals surface area (Å²) >= 11 is 3.33. The van der Waals surface area contributed by atoms with Gasteiger partial charge in [0, 0.05) is 4.47 Å². The molecule has 0 radical (unpaired) electrons. The molecule has 0 aromatic heterocycles. The van der Waals surface area contributed by atoms with E-state index in [9.17, 15) is 4.79 Å². The van der Waals surface area contributed by atoms with E-state index in [1.807, 2.05) is 24.3 Å². The molecule has 110 valence electrons. The fourth-order valence-electron chi connectivity index (χ4n) is 1.74. The summed E-state index contributed by atoms with van der Waals surface area (Å²) in [6.45, 7) is 0.201. The molecule has 0 atom stereocenters. The number of methoxy groups -OCH3 is 2. The summed E-state index contributed by atoms with van der Waals surface area (Å²) in [6.07, 6.45) is 0. The summed E-state index contributed by atoms with van der Waals surface area (Å²) in [5, 5.41) is 0. The highest BCUT2D eigenvalue weighted by Gasteiger charge is 2.13. The molecule has 0 unspecified atom stereocenters. The second-order valence-electron chi connectivity index (χ2n) is 4.27. The van der Waals surface area contributed by atoms with Gasteiger partial charge in [0.15, 0.2) is 0 Å². The number of halogens is 1. The SMILES string of the molecule is COc1ccc(COC(=O)c2cc(OC)ccc2Br)cc1. The lowest BCUT2D eigenvalue weighted by atomic mass is 10.2. The van der Waals surface area contributed by atoms with Crippen molar-refractivity contribution in [1.82, 2.24) is 0 Å². The van der Waals surface area contributed by atoms with Crippen molar-refractivity contribution in [3.05, 3.63) is 58.1 Å². The monoisotopic (exact) mass is 350 g/mol. The molecule has 0 aliphatic heterocycles. The highest BCUT2D eigenvalue weighted by atomic mass is 79.9. The highest BCUT2D eigenvalue weighted by Crippen LogP contribution is 2.23. The molecule has 2 rings (SSSR count). The molecular formula is C16H15BrO4. The van der Waals surface area contributed by atoms with Crippen LogP contribution in [0.3, 0.4) is 0 Å². The van der Waals surface area contributed by atoms with Crippen molar-refractivity contribution < 1.29 is 19.0 Å². The van der Waals surface area contributed by atoms with E-state index in [1.165, 1.54) is 0 Å². The van der Waals surface area contributed by atoms with E-state index in [1.54, 1.807) is 32.4 Å². The first-order valence-corrected chi connectivity index (χ1v) is 7.07. The Morgan fingerprint density at radius 1 is 1.00 bits per heavy atom. The number of carbonyl (C=O) groups is 1. The van der Waals surface area contributed by atoms with Gasteiger partial charge < -0.3 is 14.2 Å². The lowest BCUT2D eigenvalue weighted by Crippen LogP contribution is -2.06. The molecule has 2 aromatic rings. The summed E-state index contributed by atoms with van der Waals surface area (Å²) in [5.74, 6) is 0.965. The first-order valence-electron chi connectivity index (χ1n) is 6.27. The van der Waals surface area contributed by atoms with Crippen LogP contribution in [0.25, 0.3) is 0 Å². The Bertz CT molecular complexity index is 623. The summed E-state index contributed by atoms with van der Waals surface area (Å²) in [7, 11) is 3.16. The average Bonchev–Trinajstić information content (AvgIpc) is 2.53. The quantitative estimate of drug-likeness (QED) is 0.769. The maximum atomic E-state index is 12.1. The third-order valence-corrected chi connectivity index (χ3v) is 3.61. The summed E-state index contributed by atoms with van der Waals surface area (Å²) in [6, 6.07) is 12.5. The molecule has 4 nitrogen and oxygen atoms in total. The second kappa shape index (κ2) is 7.13. The Morgan fingerprint density at radius 3 is 2.24 bits per heavy atom. The maximum absolute atomic E-state index is 12.1. The van der Waals surface area contributed by atoms with Gasteiger partial charge in [-0.25, -0.2) is 4.79 Å². The number of esters is 1. The van der Waals surface area contributed by atoms with E-state index < -0.39 is 5.97 Å². The Morgan fingerprint density at radius 2 is 1.62 bits per heavy atom. The zero-order valence-corrected chi connectivity index (χ0v) is 13.3. The van der Waals surface area contributed by atoms with E-state index in [4.69, 9.17) is 14.2 Å². The topological polar surface area (TPSA) is 44.8 Å². The van der Waals surface area contributed by atoms with Gasteiger partial charge in [0.05, 0.1) is 19.8 Å². The van der Waals surface area contributed by atoms with Crippen LogP contribution < -0.4 is 9.47 Å². The van der Waals surface area contributed by atoms with Crippen molar-refractivity contribution in [2.24, 2.45) is 0 Å². The van der Waals surface area contributed by atoms with Gasteiger partial charge >= 0.3 is 5.97 Å². The summed E-state index contributed by atoms with van der Waals surface area (Å²) in [4.78, 5) is 12.1. The summed E-state index contributed by atoms with van der Waals surface area (Å²) < 4.78 is 16.2. The lowest BCUT2D eigenvalue weighted by molar-refractivity contribution is 0.0471. The van der Waals surface area contributed by atoms with Gasteiger partial charge in [-0.1, -0.05) is 12.1 Å². The van der Waals surface area contributed by atoms with Crippen LogP contribution in [0.15, 0.2) is 46.9 Å². The van der Waals surface area contributed by atoms with Crippen LogP contribution in [0.5, 0.6) is 11.5 Å². The molecule has 0 amide bonds. The van der Waals surface area contributed by atoms with Gasteiger partial charge in [0.1, 0.15) is 18.1 Å². The smallest absolute Gasteiger partial charge is 0.339 e. The van der Waals surface area contributed by atoms with Crippen LogP contribution in [0.2, 0.25) is 0 Å². The Labute approximate surface area is 131 Å². The van der Waals surface area contributed by atoms with Crippen molar-refractivity contribution in [1.29, 1.82) is 0 Å². The van der Waals surface area contributed by atoms with Crippen LogP contribution in [-0.2, 0) is 11.3 Å². The molecule has 0 saturated heterocycles.